The minimum absolute atomic E-state index is 0.167. The molecule has 23 heavy (non-hydrogen) atoms. The van der Waals surface area contributed by atoms with Crippen LogP contribution in [0.5, 0.6) is 5.75 Å². The fraction of sp³-hybridized carbons (Fsp3) is 0.125. The first-order valence-electron chi connectivity index (χ1n) is 6.74. The number of nitrogens with one attached hydrogen (secondary N) is 2. The largest absolute Gasteiger partial charge is 0.484 e. The van der Waals surface area contributed by atoms with Crippen LogP contribution in [0.25, 0.3) is 0 Å². The Kier molecular flexibility index (Phi) is 6.10. The maximum atomic E-state index is 13.4. The zero-order valence-electron chi connectivity index (χ0n) is 12.0. The third-order valence-electron chi connectivity index (χ3n) is 2.82. The number of rotatable bonds is 5. The van der Waals surface area contributed by atoms with Crippen LogP contribution < -0.4 is 15.6 Å². The molecule has 2 rings (SSSR count). The summed E-state index contributed by atoms with van der Waals surface area (Å²) in [7, 11) is 0. The molecule has 0 fully saturated rings. The van der Waals surface area contributed by atoms with Crippen LogP contribution in [0.1, 0.15) is 5.56 Å². The van der Waals surface area contributed by atoms with Gasteiger partial charge in [-0.15, -0.1) is 0 Å². The lowest BCUT2D eigenvalue weighted by atomic mass is 10.1. The summed E-state index contributed by atoms with van der Waals surface area (Å²) in [4.78, 5) is 23.2. The quantitative estimate of drug-likeness (QED) is 0.782. The Morgan fingerprint density at radius 2 is 1.78 bits per heavy atom. The van der Waals surface area contributed by atoms with Gasteiger partial charge < -0.3 is 4.74 Å². The molecule has 7 heteroatoms. The third-order valence-corrected chi connectivity index (χ3v) is 3.31. The Labute approximate surface area is 140 Å². The molecule has 120 valence electrons. The van der Waals surface area contributed by atoms with Crippen molar-refractivity contribution in [3.63, 3.8) is 0 Å². The molecule has 0 aliphatic carbocycles. The lowest BCUT2D eigenvalue weighted by molar-refractivity contribution is -0.129. The van der Waals surface area contributed by atoms with Gasteiger partial charge in [0.05, 0.1) is 6.42 Å². The van der Waals surface area contributed by atoms with Crippen molar-refractivity contribution in [2.24, 2.45) is 0 Å². The van der Waals surface area contributed by atoms with Crippen molar-refractivity contribution in [3.05, 3.63) is 64.4 Å². The van der Waals surface area contributed by atoms with Crippen LogP contribution in [0.2, 0.25) is 0 Å². The van der Waals surface area contributed by atoms with E-state index in [1.54, 1.807) is 24.3 Å². The standard InChI is InChI=1S/C16H14BrFN2O3/c17-12-5-3-6-13(9-12)23-10-16(22)20-19-15(21)8-11-4-1-2-7-14(11)18/h1-7,9H,8,10H2,(H,19,21)(H,20,22). The average molecular weight is 381 g/mol. The summed E-state index contributed by atoms with van der Waals surface area (Å²) in [6, 6.07) is 13.0. The number of benzene rings is 2. The van der Waals surface area contributed by atoms with Crippen LogP contribution >= 0.6 is 15.9 Å². The predicted molar refractivity (Wildman–Crippen MR) is 86.0 cm³/mol. The monoisotopic (exact) mass is 380 g/mol. The van der Waals surface area contributed by atoms with Crippen LogP contribution in [-0.4, -0.2) is 18.4 Å². The Balaban J connectivity index is 1.74. The van der Waals surface area contributed by atoms with E-state index in [1.165, 1.54) is 18.2 Å². The molecule has 0 radical (unpaired) electrons. The number of carbonyl (C=O) groups is 2. The number of ether oxygens (including phenoxy) is 1. The normalized spacial score (nSPS) is 10.0. The Hall–Kier alpha value is -2.41. The molecule has 2 N–H and O–H groups in total. The molecule has 0 atom stereocenters. The summed E-state index contributed by atoms with van der Waals surface area (Å²) in [5, 5.41) is 0. The molecule has 0 heterocycles. The maximum Gasteiger partial charge on any atom is 0.276 e. The predicted octanol–water partition coefficient (Wildman–Crippen LogP) is 2.36. The molecule has 0 unspecified atom stereocenters. The second kappa shape index (κ2) is 8.28. The van der Waals surface area contributed by atoms with Crippen LogP contribution in [0.3, 0.4) is 0 Å². The summed E-state index contributed by atoms with van der Waals surface area (Å²) in [6.07, 6.45) is -0.167. The van der Waals surface area contributed by atoms with E-state index in [0.717, 1.165) is 4.47 Å². The molecule has 0 bridgehead atoms. The molecule has 2 amide bonds. The van der Waals surface area contributed by atoms with E-state index in [9.17, 15) is 14.0 Å². The molecular formula is C16H14BrFN2O3. The van der Waals surface area contributed by atoms with Gasteiger partial charge in [-0.05, 0) is 29.8 Å². The van der Waals surface area contributed by atoms with Gasteiger partial charge in [0.15, 0.2) is 6.61 Å². The summed E-state index contributed by atoms with van der Waals surface area (Å²) in [5.74, 6) is -0.989. The van der Waals surface area contributed by atoms with Gasteiger partial charge in [-0.2, -0.15) is 0 Å². The molecule has 0 spiro atoms. The zero-order valence-corrected chi connectivity index (χ0v) is 13.6. The average Bonchev–Trinajstić information content (AvgIpc) is 2.53. The number of hydrogen-bond donors (Lipinski definition) is 2. The number of carbonyl (C=O) groups excluding carboxylic acids is 2. The van der Waals surface area contributed by atoms with Crippen LogP contribution in [0.4, 0.5) is 4.39 Å². The number of hydrogen-bond acceptors (Lipinski definition) is 3. The van der Waals surface area contributed by atoms with Crippen molar-refractivity contribution in [2.45, 2.75) is 6.42 Å². The first-order chi connectivity index (χ1) is 11.0. The minimum Gasteiger partial charge on any atom is -0.484 e. The first kappa shape index (κ1) is 17.0. The summed E-state index contributed by atoms with van der Waals surface area (Å²) in [6.45, 7) is -0.254. The van der Waals surface area contributed by atoms with Crippen molar-refractivity contribution in [3.8, 4) is 5.75 Å². The highest BCUT2D eigenvalue weighted by Crippen LogP contribution is 2.17. The highest BCUT2D eigenvalue weighted by Gasteiger charge is 2.09. The van der Waals surface area contributed by atoms with Crippen molar-refractivity contribution in [2.75, 3.05) is 6.61 Å². The number of halogens is 2. The van der Waals surface area contributed by atoms with E-state index < -0.39 is 17.6 Å². The zero-order chi connectivity index (χ0) is 16.7. The number of hydrazine groups is 1. The highest BCUT2D eigenvalue weighted by molar-refractivity contribution is 9.10. The van der Waals surface area contributed by atoms with Gasteiger partial charge in [-0.3, -0.25) is 20.4 Å². The van der Waals surface area contributed by atoms with E-state index >= 15 is 0 Å². The molecule has 2 aromatic carbocycles. The van der Waals surface area contributed by atoms with Crippen LogP contribution in [0.15, 0.2) is 53.0 Å². The third kappa shape index (κ3) is 5.71. The van der Waals surface area contributed by atoms with Gasteiger partial charge >= 0.3 is 0 Å². The molecule has 5 nitrogen and oxygen atoms in total. The van der Waals surface area contributed by atoms with Gasteiger partial charge in [-0.25, -0.2) is 4.39 Å². The highest BCUT2D eigenvalue weighted by atomic mass is 79.9. The van der Waals surface area contributed by atoms with Crippen LogP contribution in [-0.2, 0) is 16.0 Å². The van der Waals surface area contributed by atoms with E-state index in [0.29, 0.717) is 5.75 Å². The van der Waals surface area contributed by atoms with Gasteiger partial charge in [0.25, 0.3) is 5.91 Å². The Morgan fingerprint density at radius 3 is 2.52 bits per heavy atom. The molecular weight excluding hydrogens is 367 g/mol. The van der Waals surface area contributed by atoms with E-state index in [-0.39, 0.29) is 18.6 Å². The molecule has 0 aromatic heterocycles. The fourth-order valence-corrected chi connectivity index (χ4v) is 2.12. The van der Waals surface area contributed by atoms with E-state index in [4.69, 9.17) is 4.74 Å². The topological polar surface area (TPSA) is 67.4 Å². The van der Waals surface area contributed by atoms with Crippen molar-refractivity contribution < 1.29 is 18.7 Å². The minimum atomic E-state index is -0.522. The van der Waals surface area contributed by atoms with E-state index in [1.807, 2.05) is 6.07 Å². The summed E-state index contributed by atoms with van der Waals surface area (Å²) in [5.41, 5.74) is 4.68. The molecule has 0 aliphatic heterocycles. The van der Waals surface area contributed by atoms with Crippen LogP contribution in [0, 0.1) is 5.82 Å². The summed E-state index contributed by atoms with van der Waals surface area (Å²) < 4.78 is 19.5. The molecule has 0 saturated carbocycles. The molecule has 0 aliphatic rings. The second-order valence-corrected chi connectivity index (χ2v) is 5.53. The maximum absolute atomic E-state index is 13.4. The van der Waals surface area contributed by atoms with Crippen molar-refractivity contribution in [1.82, 2.24) is 10.9 Å². The van der Waals surface area contributed by atoms with Gasteiger partial charge in [0.1, 0.15) is 11.6 Å². The lowest BCUT2D eigenvalue weighted by Gasteiger charge is -2.09. The van der Waals surface area contributed by atoms with Gasteiger partial charge in [0.2, 0.25) is 5.91 Å². The SMILES string of the molecule is O=C(COc1cccc(Br)c1)NNC(=O)Cc1ccccc1F. The smallest absolute Gasteiger partial charge is 0.276 e. The van der Waals surface area contributed by atoms with Gasteiger partial charge in [0, 0.05) is 4.47 Å². The fourth-order valence-electron chi connectivity index (χ4n) is 1.74. The van der Waals surface area contributed by atoms with E-state index in [2.05, 4.69) is 26.8 Å². The Bertz CT molecular complexity index is 709. The second-order valence-electron chi connectivity index (χ2n) is 4.61. The van der Waals surface area contributed by atoms with Gasteiger partial charge in [-0.1, -0.05) is 40.2 Å². The summed E-state index contributed by atoms with van der Waals surface area (Å²) >= 11 is 3.29. The lowest BCUT2D eigenvalue weighted by Crippen LogP contribution is -2.44. The Morgan fingerprint density at radius 1 is 1.04 bits per heavy atom. The number of amides is 2. The molecule has 0 saturated heterocycles. The first-order valence-corrected chi connectivity index (χ1v) is 7.53. The van der Waals surface area contributed by atoms with Crippen molar-refractivity contribution >= 4 is 27.7 Å². The van der Waals surface area contributed by atoms with Crippen molar-refractivity contribution in [1.29, 1.82) is 0 Å². The molecule has 2 aromatic rings.